The summed E-state index contributed by atoms with van der Waals surface area (Å²) in [5, 5.41) is 15.5. The number of carboxylic acids is 1. The van der Waals surface area contributed by atoms with Crippen molar-refractivity contribution < 1.29 is 33.9 Å². The van der Waals surface area contributed by atoms with Crippen LogP contribution >= 0.6 is 0 Å². The van der Waals surface area contributed by atoms with E-state index in [0.29, 0.717) is 6.42 Å². The Kier molecular flexibility index (Phi) is 10.8. The van der Waals surface area contributed by atoms with E-state index in [-0.39, 0.29) is 31.8 Å². The van der Waals surface area contributed by atoms with Gasteiger partial charge in [-0.15, -0.1) is 0 Å². The van der Waals surface area contributed by atoms with Crippen molar-refractivity contribution in [1.82, 2.24) is 36.8 Å². The fraction of sp³-hybridized carbons (Fsp3) is 0.588. The number of nitrogens with one attached hydrogen (secondary N) is 4. The van der Waals surface area contributed by atoms with Crippen LogP contribution in [0.5, 0.6) is 0 Å². The standard InChI is InChI=1S/C34H49N7O7/c1-5-6-18-26-28(23-15-11-10-12-16-23)37-41(36-26)48-25-20-27-29(42)35-34(30(43)44)21-24(34)17-13-8-7-9-14-19-40(32(46)39(27)22-25)38-31(45)47-33(2,3)4/h10-13,15-17,24-25,27,36-37H,5-9,14,18-22H2,1-4H3,(H,35,42)(H,38,45)(H,43,44)/b17-13-. The molecule has 14 nitrogen and oxygen atoms in total. The Balaban J connectivity index is 1.37. The lowest BCUT2D eigenvalue weighted by Gasteiger charge is -2.32. The molecule has 5 N–H and O–H groups in total. The molecule has 1 saturated carbocycles. The highest BCUT2D eigenvalue weighted by molar-refractivity contribution is 5.94. The summed E-state index contributed by atoms with van der Waals surface area (Å²) in [5.41, 5.74) is 9.72. The van der Waals surface area contributed by atoms with Crippen LogP contribution in [-0.4, -0.2) is 80.7 Å². The van der Waals surface area contributed by atoms with Gasteiger partial charge in [0.1, 0.15) is 23.3 Å². The van der Waals surface area contributed by atoms with Gasteiger partial charge in [0.2, 0.25) is 5.91 Å². The molecule has 3 heterocycles. The summed E-state index contributed by atoms with van der Waals surface area (Å²) < 4.78 is 5.43. The Labute approximate surface area is 281 Å². The van der Waals surface area contributed by atoms with Gasteiger partial charge in [-0.2, -0.15) is 0 Å². The van der Waals surface area contributed by atoms with Crippen LogP contribution in [0.1, 0.15) is 91.0 Å². The summed E-state index contributed by atoms with van der Waals surface area (Å²) in [6.07, 6.45) is 8.43. The van der Waals surface area contributed by atoms with Gasteiger partial charge in [-0.05, 0) is 64.6 Å². The van der Waals surface area contributed by atoms with Crippen LogP contribution in [0.2, 0.25) is 0 Å². The minimum Gasteiger partial charge on any atom is -0.479 e. The zero-order valence-electron chi connectivity index (χ0n) is 28.3. The molecule has 4 amide bonds. The molecule has 0 spiro atoms. The van der Waals surface area contributed by atoms with Crippen molar-refractivity contribution in [3.8, 4) is 0 Å². The highest BCUT2D eigenvalue weighted by atomic mass is 16.8. The number of hydrogen-bond donors (Lipinski definition) is 5. The van der Waals surface area contributed by atoms with Crippen LogP contribution in [0, 0.1) is 5.92 Å². The maximum absolute atomic E-state index is 14.2. The number of hydrazine groups is 3. The van der Waals surface area contributed by atoms with Crippen LogP contribution < -0.4 is 21.6 Å². The summed E-state index contributed by atoms with van der Waals surface area (Å²) in [6, 6.07) is 8.20. The van der Waals surface area contributed by atoms with E-state index in [1.165, 1.54) is 15.2 Å². The number of hydrogen-bond acceptors (Lipinski definition) is 9. The summed E-state index contributed by atoms with van der Waals surface area (Å²) in [7, 11) is 0. The van der Waals surface area contributed by atoms with E-state index in [4.69, 9.17) is 9.57 Å². The first-order valence-corrected chi connectivity index (χ1v) is 17.0. The summed E-state index contributed by atoms with van der Waals surface area (Å²) >= 11 is 0. The number of ether oxygens (including phenoxy) is 1. The predicted octanol–water partition coefficient (Wildman–Crippen LogP) is 4.20. The van der Waals surface area contributed by atoms with E-state index in [1.54, 1.807) is 20.8 Å². The largest absolute Gasteiger partial charge is 0.479 e. The minimum absolute atomic E-state index is 0.0116. The Bertz CT molecular complexity index is 1410. The molecular formula is C34H49N7O7. The predicted molar refractivity (Wildman–Crippen MR) is 177 cm³/mol. The van der Waals surface area contributed by atoms with Crippen LogP contribution in [-0.2, 0) is 19.2 Å². The summed E-state index contributed by atoms with van der Waals surface area (Å²) in [4.78, 5) is 60.9. The zero-order valence-corrected chi connectivity index (χ0v) is 28.3. The van der Waals surface area contributed by atoms with Crippen molar-refractivity contribution in [2.75, 3.05) is 13.1 Å². The van der Waals surface area contributed by atoms with Gasteiger partial charge >= 0.3 is 18.1 Å². The first-order valence-electron chi connectivity index (χ1n) is 17.0. The maximum atomic E-state index is 14.2. The number of amides is 4. The molecule has 2 fully saturated rings. The molecule has 1 saturated heterocycles. The van der Waals surface area contributed by atoms with Crippen LogP contribution in [0.15, 0.2) is 48.2 Å². The van der Waals surface area contributed by atoms with E-state index < -0.39 is 47.3 Å². The molecule has 0 radical (unpaired) electrons. The Morgan fingerprint density at radius 3 is 2.58 bits per heavy atom. The first kappa shape index (κ1) is 35.0. The zero-order chi connectivity index (χ0) is 34.5. The third-order valence-corrected chi connectivity index (χ3v) is 8.88. The molecule has 4 unspecified atom stereocenters. The molecule has 3 aliphatic heterocycles. The molecule has 1 aromatic carbocycles. The molecule has 14 heteroatoms. The highest BCUT2D eigenvalue weighted by Crippen LogP contribution is 2.45. The molecule has 1 aromatic rings. The third-order valence-electron chi connectivity index (χ3n) is 8.88. The maximum Gasteiger partial charge on any atom is 0.426 e. The Morgan fingerprint density at radius 1 is 1.10 bits per heavy atom. The molecule has 1 aliphatic carbocycles. The quantitative estimate of drug-likeness (QED) is 0.254. The van der Waals surface area contributed by atoms with Gasteiger partial charge in [0, 0.05) is 24.4 Å². The summed E-state index contributed by atoms with van der Waals surface area (Å²) in [6.45, 7) is 7.51. The molecule has 4 atom stereocenters. The normalized spacial score (nSPS) is 27.5. The molecule has 0 aromatic heterocycles. The SMILES string of the molecule is CCCCC1=C(c2ccccc2)NN(OC2CC3C(=O)NC4(C(=O)O)CC4/C=C\CCCCCN(NC(=O)OC(C)(C)C)C(=O)N3C2)N1. The molecule has 5 rings (SSSR count). The number of carboxylic acid groups (broad SMARTS) is 1. The van der Waals surface area contributed by atoms with E-state index in [1.807, 2.05) is 42.5 Å². The highest BCUT2D eigenvalue weighted by Gasteiger charge is 2.61. The Morgan fingerprint density at radius 2 is 1.88 bits per heavy atom. The lowest BCUT2D eigenvalue weighted by molar-refractivity contribution is -0.235. The van der Waals surface area contributed by atoms with Gasteiger partial charge in [0.25, 0.3) is 0 Å². The third kappa shape index (κ3) is 8.40. The van der Waals surface area contributed by atoms with Gasteiger partial charge in [-0.1, -0.05) is 62.2 Å². The monoisotopic (exact) mass is 667 g/mol. The topological polar surface area (TPSA) is 165 Å². The average Bonchev–Trinajstić information content (AvgIpc) is 3.35. The average molecular weight is 668 g/mol. The number of carbonyl (C=O) groups is 4. The number of fused-ring (bicyclic) bond motifs is 2. The van der Waals surface area contributed by atoms with Gasteiger partial charge in [-0.25, -0.2) is 24.8 Å². The van der Waals surface area contributed by atoms with E-state index in [0.717, 1.165) is 55.5 Å². The molecular weight excluding hydrogens is 618 g/mol. The number of allylic oxidation sites excluding steroid dienone is 2. The number of benzene rings is 1. The second kappa shape index (κ2) is 14.9. The fourth-order valence-corrected chi connectivity index (χ4v) is 6.29. The second-order valence-electron chi connectivity index (χ2n) is 13.9. The van der Waals surface area contributed by atoms with E-state index in [9.17, 15) is 24.3 Å². The lowest BCUT2D eigenvalue weighted by atomic mass is 10.1. The van der Waals surface area contributed by atoms with Crippen molar-refractivity contribution in [2.45, 2.75) is 109 Å². The van der Waals surface area contributed by atoms with Crippen molar-refractivity contribution in [3.63, 3.8) is 0 Å². The molecule has 4 aliphatic rings. The smallest absolute Gasteiger partial charge is 0.426 e. The van der Waals surface area contributed by atoms with Crippen molar-refractivity contribution >= 4 is 29.7 Å². The molecule has 0 bridgehead atoms. The Hall–Kier alpha value is -4.30. The fourth-order valence-electron chi connectivity index (χ4n) is 6.29. The number of urea groups is 1. The van der Waals surface area contributed by atoms with Gasteiger partial charge < -0.3 is 20.1 Å². The number of aliphatic carboxylic acids is 1. The van der Waals surface area contributed by atoms with Crippen molar-refractivity contribution in [1.29, 1.82) is 0 Å². The number of unbranched alkanes of at least 4 members (excludes halogenated alkanes) is 1. The van der Waals surface area contributed by atoms with E-state index >= 15 is 0 Å². The van der Waals surface area contributed by atoms with Crippen LogP contribution in [0.25, 0.3) is 5.70 Å². The number of carbonyl (C=O) groups excluding carboxylic acids is 3. The van der Waals surface area contributed by atoms with Gasteiger partial charge in [-0.3, -0.25) is 20.5 Å². The van der Waals surface area contributed by atoms with E-state index in [2.05, 4.69) is 28.5 Å². The van der Waals surface area contributed by atoms with Crippen molar-refractivity contribution in [3.05, 3.63) is 53.7 Å². The first-order chi connectivity index (χ1) is 22.9. The van der Waals surface area contributed by atoms with Crippen molar-refractivity contribution in [2.24, 2.45) is 5.92 Å². The van der Waals surface area contributed by atoms with Gasteiger partial charge in [0.05, 0.1) is 17.9 Å². The summed E-state index contributed by atoms with van der Waals surface area (Å²) in [5.74, 6) is -2.04. The van der Waals surface area contributed by atoms with Crippen LogP contribution in [0.3, 0.4) is 0 Å². The minimum atomic E-state index is -1.43. The number of nitrogens with zero attached hydrogens (tertiary/aromatic N) is 3. The second-order valence-corrected chi connectivity index (χ2v) is 13.9. The number of rotatable bonds is 8. The van der Waals surface area contributed by atoms with Crippen LogP contribution in [0.4, 0.5) is 9.59 Å². The molecule has 48 heavy (non-hydrogen) atoms. The molecule has 262 valence electrons. The lowest BCUT2D eigenvalue weighted by Crippen LogP contribution is -2.58. The van der Waals surface area contributed by atoms with Gasteiger partial charge in [0.15, 0.2) is 0 Å².